The number of para-hydroxylation sites is 1. The number of carbonyl (C=O) groups excluding carboxylic acids is 1. The Balaban J connectivity index is 1.68. The lowest BCUT2D eigenvalue weighted by molar-refractivity contribution is -0.113. The number of fused-ring (bicyclic) bond motifs is 1. The molecule has 0 aliphatic rings. The monoisotopic (exact) mass is 384 g/mol. The molecule has 0 saturated heterocycles. The third-order valence-corrected chi connectivity index (χ3v) is 5.31. The molecule has 0 spiro atoms. The molecule has 0 aliphatic carbocycles. The summed E-state index contributed by atoms with van der Waals surface area (Å²) < 4.78 is 1.83. The molecule has 0 radical (unpaired) electrons. The van der Waals surface area contributed by atoms with Gasteiger partial charge in [-0.15, -0.1) is 22.0 Å². The third kappa shape index (κ3) is 4.15. The molecular weight excluding hydrogens is 368 g/mol. The van der Waals surface area contributed by atoms with Crippen LogP contribution in [0.15, 0.2) is 40.4 Å². The van der Waals surface area contributed by atoms with Crippen LogP contribution in [0.5, 0.6) is 0 Å². The van der Waals surface area contributed by atoms with E-state index in [1.54, 1.807) is 0 Å². The number of nitriles is 1. The largest absolute Gasteiger partial charge is 0.324 e. The molecule has 0 saturated carbocycles. The van der Waals surface area contributed by atoms with Gasteiger partial charge in [0.15, 0.2) is 10.8 Å². The number of rotatable bonds is 6. The SMILES string of the molecule is Cc1cc2nnc(SCC(=O)Nc3ccccc3SCC#N)n2c(C)n1. The summed E-state index contributed by atoms with van der Waals surface area (Å²) in [5, 5.41) is 20.5. The molecule has 7 nitrogen and oxygen atoms in total. The van der Waals surface area contributed by atoms with Gasteiger partial charge >= 0.3 is 0 Å². The molecule has 3 aromatic rings. The fourth-order valence-corrected chi connectivity index (χ4v) is 3.87. The highest BCUT2D eigenvalue weighted by molar-refractivity contribution is 8.00. The molecule has 132 valence electrons. The van der Waals surface area contributed by atoms with Gasteiger partial charge in [-0.05, 0) is 26.0 Å². The van der Waals surface area contributed by atoms with Gasteiger partial charge in [-0.1, -0.05) is 23.9 Å². The van der Waals surface area contributed by atoms with E-state index in [0.29, 0.717) is 16.6 Å². The standard InChI is InChI=1S/C17H16N6OS2/c1-11-9-15-21-22-17(23(15)12(2)19-11)26-10-16(24)20-13-5-3-4-6-14(13)25-8-7-18/h3-6,9H,8,10H2,1-2H3,(H,20,24). The number of nitrogens with zero attached hydrogens (tertiary/aromatic N) is 5. The molecule has 0 aliphatic heterocycles. The highest BCUT2D eigenvalue weighted by Crippen LogP contribution is 2.27. The van der Waals surface area contributed by atoms with Crippen LogP contribution in [-0.4, -0.2) is 37.0 Å². The number of hydrogen-bond donors (Lipinski definition) is 1. The predicted molar refractivity (Wildman–Crippen MR) is 102 cm³/mol. The Morgan fingerprint density at radius 2 is 2.08 bits per heavy atom. The van der Waals surface area contributed by atoms with Crippen LogP contribution < -0.4 is 5.32 Å². The van der Waals surface area contributed by atoms with Gasteiger partial charge in [0.1, 0.15) is 5.82 Å². The number of hydrogen-bond acceptors (Lipinski definition) is 7. The molecule has 0 bridgehead atoms. The second kappa shape index (κ2) is 8.21. The smallest absolute Gasteiger partial charge is 0.234 e. The van der Waals surface area contributed by atoms with Crippen molar-refractivity contribution in [2.24, 2.45) is 0 Å². The topological polar surface area (TPSA) is 96.0 Å². The van der Waals surface area contributed by atoms with Crippen LogP contribution in [0.1, 0.15) is 11.5 Å². The normalized spacial score (nSPS) is 10.7. The van der Waals surface area contributed by atoms with Gasteiger partial charge < -0.3 is 5.32 Å². The molecule has 0 unspecified atom stereocenters. The van der Waals surface area contributed by atoms with Crippen LogP contribution in [0.3, 0.4) is 0 Å². The minimum absolute atomic E-state index is 0.144. The van der Waals surface area contributed by atoms with Gasteiger partial charge in [0.2, 0.25) is 5.91 Å². The lowest BCUT2D eigenvalue weighted by Gasteiger charge is -2.09. The summed E-state index contributed by atoms with van der Waals surface area (Å²) in [6.45, 7) is 3.79. The van der Waals surface area contributed by atoms with Crippen LogP contribution in [0.4, 0.5) is 5.69 Å². The summed E-state index contributed by atoms with van der Waals surface area (Å²) in [7, 11) is 0. The maximum Gasteiger partial charge on any atom is 0.234 e. The summed E-state index contributed by atoms with van der Waals surface area (Å²) in [5.41, 5.74) is 2.30. The number of aromatic nitrogens is 4. The predicted octanol–water partition coefficient (Wildman–Crippen LogP) is 3.09. The lowest BCUT2D eigenvalue weighted by atomic mass is 10.3. The van der Waals surface area contributed by atoms with Gasteiger partial charge in [-0.25, -0.2) is 4.98 Å². The van der Waals surface area contributed by atoms with E-state index in [-0.39, 0.29) is 11.7 Å². The quantitative estimate of drug-likeness (QED) is 0.652. The van der Waals surface area contributed by atoms with Crippen molar-refractivity contribution in [1.29, 1.82) is 5.26 Å². The first kappa shape index (κ1) is 18.2. The van der Waals surface area contributed by atoms with E-state index in [1.165, 1.54) is 23.5 Å². The molecule has 1 amide bonds. The van der Waals surface area contributed by atoms with Gasteiger partial charge in [0.05, 0.1) is 23.3 Å². The first-order chi connectivity index (χ1) is 12.6. The Morgan fingerprint density at radius 1 is 1.27 bits per heavy atom. The average molecular weight is 384 g/mol. The first-order valence-electron chi connectivity index (χ1n) is 7.79. The molecule has 0 fully saturated rings. The van der Waals surface area contributed by atoms with Crippen molar-refractivity contribution in [2.45, 2.75) is 23.9 Å². The highest BCUT2D eigenvalue weighted by Gasteiger charge is 2.13. The number of benzene rings is 1. The minimum Gasteiger partial charge on any atom is -0.324 e. The summed E-state index contributed by atoms with van der Waals surface area (Å²) in [4.78, 5) is 17.6. The summed E-state index contributed by atoms with van der Waals surface area (Å²) >= 11 is 2.70. The Bertz CT molecular complexity index is 995. The average Bonchev–Trinajstić information content (AvgIpc) is 3.02. The summed E-state index contributed by atoms with van der Waals surface area (Å²) in [6.07, 6.45) is 0. The number of carbonyl (C=O) groups is 1. The van der Waals surface area contributed by atoms with Crippen molar-refractivity contribution < 1.29 is 4.79 Å². The molecule has 2 aromatic heterocycles. The molecule has 1 N–H and O–H groups in total. The fourth-order valence-electron chi connectivity index (χ4n) is 2.42. The van der Waals surface area contributed by atoms with Gasteiger partial charge in [-0.2, -0.15) is 5.26 Å². The maximum atomic E-state index is 12.3. The van der Waals surface area contributed by atoms with E-state index in [2.05, 4.69) is 26.6 Å². The van der Waals surface area contributed by atoms with Crippen LogP contribution in [0.25, 0.3) is 5.65 Å². The lowest BCUT2D eigenvalue weighted by Crippen LogP contribution is -2.15. The van der Waals surface area contributed by atoms with Crippen LogP contribution >= 0.6 is 23.5 Å². The van der Waals surface area contributed by atoms with Gasteiger partial charge in [-0.3, -0.25) is 9.20 Å². The number of thioether (sulfide) groups is 2. The van der Waals surface area contributed by atoms with Crippen LogP contribution in [0.2, 0.25) is 0 Å². The second-order valence-electron chi connectivity index (χ2n) is 5.40. The van der Waals surface area contributed by atoms with Crippen molar-refractivity contribution in [3.8, 4) is 6.07 Å². The van der Waals surface area contributed by atoms with Crippen molar-refractivity contribution in [1.82, 2.24) is 19.6 Å². The molecule has 9 heteroatoms. The molecule has 0 atom stereocenters. The molecule has 26 heavy (non-hydrogen) atoms. The zero-order valence-corrected chi connectivity index (χ0v) is 15.9. The van der Waals surface area contributed by atoms with E-state index in [0.717, 1.165) is 22.1 Å². The van der Waals surface area contributed by atoms with Crippen molar-refractivity contribution >= 4 is 40.8 Å². The molecular formula is C17H16N6OS2. The molecule has 1 aromatic carbocycles. The van der Waals surface area contributed by atoms with E-state index in [9.17, 15) is 4.79 Å². The highest BCUT2D eigenvalue weighted by atomic mass is 32.2. The minimum atomic E-state index is -0.144. The Morgan fingerprint density at radius 3 is 2.88 bits per heavy atom. The van der Waals surface area contributed by atoms with E-state index >= 15 is 0 Å². The summed E-state index contributed by atoms with van der Waals surface area (Å²) in [6, 6.07) is 11.4. The van der Waals surface area contributed by atoms with Crippen LogP contribution in [-0.2, 0) is 4.79 Å². The van der Waals surface area contributed by atoms with Gasteiger partial charge in [0, 0.05) is 16.7 Å². The van der Waals surface area contributed by atoms with Gasteiger partial charge in [0.25, 0.3) is 0 Å². The van der Waals surface area contributed by atoms with E-state index in [4.69, 9.17) is 5.26 Å². The molecule has 2 heterocycles. The first-order valence-corrected chi connectivity index (χ1v) is 9.76. The number of nitrogens with one attached hydrogen (secondary N) is 1. The maximum absolute atomic E-state index is 12.3. The fraction of sp³-hybridized carbons (Fsp3) is 0.235. The third-order valence-electron chi connectivity index (χ3n) is 3.44. The van der Waals surface area contributed by atoms with E-state index < -0.39 is 0 Å². The summed E-state index contributed by atoms with van der Waals surface area (Å²) in [5.74, 6) is 1.17. The zero-order chi connectivity index (χ0) is 18.5. The zero-order valence-electron chi connectivity index (χ0n) is 14.3. The number of amides is 1. The molecule has 3 rings (SSSR count). The van der Waals surface area contributed by atoms with Crippen molar-refractivity contribution in [3.63, 3.8) is 0 Å². The Hall–Kier alpha value is -2.57. The Kier molecular flexibility index (Phi) is 5.75. The number of aryl methyl sites for hydroxylation is 2. The van der Waals surface area contributed by atoms with Crippen LogP contribution in [0, 0.1) is 25.2 Å². The van der Waals surface area contributed by atoms with E-state index in [1.807, 2.05) is 48.6 Å². The second-order valence-corrected chi connectivity index (χ2v) is 7.36. The van der Waals surface area contributed by atoms with Crippen molar-refractivity contribution in [2.75, 3.05) is 16.8 Å². The number of anilines is 1. The van der Waals surface area contributed by atoms with Crippen molar-refractivity contribution in [3.05, 3.63) is 41.9 Å². The Labute approximate surface area is 159 Å².